The molecule has 2 bridgehead atoms. The topological polar surface area (TPSA) is 43.4 Å². The Morgan fingerprint density at radius 1 is 1.50 bits per heavy atom. The lowest BCUT2D eigenvalue weighted by atomic mass is 9.59. The van der Waals surface area contributed by atoms with Gasteiger partial charge in [0, 0.05) is 5.92 Å². The second-order valence-corrected chi connectivity index (χ2v) is 5.30. The van der Waals surface area contributed by atoms with E-state index in [0.717, 1.165) is 19.3 Å². The molecule has 0 heterocycles. The molecule has 88 valence electrons. The molecule has 1 saturated carbocycles. The van der Waals surface area contributed by atoms with Crippen LogP contribution >= 0.6 is 0 Å². The lowest BCUT2D eigenvalue weighted by Crippen LogP contribution is -2.41. The zero-order valence-corrected chi connectivity index (χ0v) is 10.1. The largest absolute Gasteiger partial charge is 0.465 e. The molecular weight excluding hydrogens is 204 g/mol. The fourth-order valence-corrected chi connectivity index (χ4v) is 2.93. The molecular formula is C13H18O3. The zero-order chi connectivity index (χ0) is 11.9. The van der Waals surface area contributed by atoms with Crippen LogP contribution in [-0.4, -0.2) is 18.9 Å². The number of fused-ring (bicyclic) bond motifs is 2. The lowest BCUT2D eigenvalue weighted by Gasteiger charge is -2.44. The molecule has 3 nitrogen and oxygen atoms in total. The van der Waals surface area contributed by atoms with Crippen LogP contribution in [0.3, 0.4) is 0 Å². The van der Waals surface area contributed by atoms with Gasteiger partial charge in [0.2, 0.25) is 0 Å². The minimum absolute atomic E-state index is 0.0135. The third-order valence-electron chi connectivity index (χ3n) is 4.28. The normalized spacial score (nSPS) is 37.9. The Bertz CT molecular complexity index is 369. The third-order valence-corrected chi connectivity index (χ3v) is 4.28. The summed E-state index contributed by atoms with van der Waals surface area (Å²) in [6.07, 6.45) is 4.71. The number of ketones is 1. The number of Topliss-reactive ketones (excluding diaryl/α,β-unsaturated/α-hetero) is 1. The van der Waals surface area contributed by atoms with Gasteiger partial charge in [-0.15, -0.1) is 0 Å². The van der Waals surface area contributed by atoms with Crippen molar-refractivity contribution in [3.05, 3.63) is 11.6 Å². The van der Waals surface area contributed by atoms with Crippen LogP contribution in [0.5, 0.6) is 0 Å². The summed E-state index contributed by atoms with van der Waals surface area (Å²) in [5, 5.41) is 0. The van der Waals surface area contributed by atoms with Crippen molar-refractivity contribution in [1.29, 1.82) is 0 Å². The van der Waals surface area contributed by atoms with Crippen molar-refractivity contribution in [1.82, 2.24) is 0 Å². The van der Waals surface area contributed by atoms with Crippen LogP contribution in [0.2, 0.25) is 0 Å². The lowest BCUT2D eigenvalue weighted by molar-refractivity contribution is -0.139. The van der Waals surface area contributed by atoms with Gasteiger partial charge in [-0.3, -0.25) is 4.79 Å². The Kier molecular flexibility index (Phi) is 2.64. The average Bonchev–Trinajstić information content (AvgIpc) is 2.27. The smallest absolute Gasteiger partial charge is 0.341 e. The predicted molar refractivity (Wildman–Crippen MR) is 59.7 cm³/mol. The molecule has 2 aliphatic carbocycles. The van der Waals surface area contributed by atoms with Crippen molar-refractivity contribution < 1.29 is 14.3 Å². The van der Waals surface area contributed by atoms with E-state index >= 15 is 0 Å². The summed E-state index contributed by atoms with van der Waals surface area (Å²) in [7, 11) is 1.33. The maximum atomic E-state index is 12.0. The number of methoxy groups -OCH3 is 1. The van der Waals surface area contributed by atoms with E-state index in [1.165, 1.54) is 7.11 Å². The number of allylic oxidation sites excluding steroid dienone is 1. The highest BCUT2D eigenvalue weighted by molar-refractivity contribution is 6.18. The molecule has 0 spiro atoms. The van der Waals surface area contributed by atoms with Crippen molar-refractivity contribution in [2.24, 2.45) is 17.3 Å². The van der Waals surface area contributed by atoms with Crippen molar-refractivity contribution in [2.45, 2.75) is 33.1 Å². The molecule has 1 unspecified atom stereocenters. The van der Waals surface area contributed by atoms with E-state index < -0.39 is 5.97 Å². The van der Waals surface area contributed by atoms with Gasteiger partial charge < -0.3 is 4.74 Å². The average molecular weight is 222 g/mol. The summed E-state index contributed by atoms with van der Waals surface area (Å²) in [6.45, 7) is 4.33. The highest BCUT2D eigenvalue weighted by atomic mass is 16.5. The van der Waals surface area contributed by atoms with Crippen LogP contribution in [0.25, 0.3) is 0 Å². The van der Waals surface area contributed by atoms with Crippen LogP contribution in [0.15, 0.2) is 11.6 Å². The fourth-order valence-electron chi connectivity index (χ4n) is 2.93. The quantitative estimate of drug-likeness (QED) is 0.504. The molecule has 0 aromatic rings. The van der Waals surface area contributed by atoms with E-state index in [1.807, 2.05) is 6.08 Å². The summed E-state index contributed by atoms with van der Waals surface area (Å²) in [6, 6.07) is 0. The van der Waals surface area contributed by atoms with Crippen LogP contribution in [-0.2, 0) is 14.3 Å². The molecule has 0 saturated heterocycles. The van der Waals surface area contributed by atoms with E-state index in [1.54, 1.807) is 0 Å². The van der Waals surface area contributed by atoms with Crippen molar-refractivity contribution in [2.75, 3.05) is 7.11 Å². The molecule has 0 aromatic carbocycles. The van der Waals surface area contributed by atoms with Crippen LogP contribution in [0, 0.1) is 17.3 Å². The van der Waals surface area contributed by atoms with Crippen molar-refractivity contribution in [3.63, 3.8) is 0 Å². The molecule has 0 N–H and O–H groups in total. The fraction of sp³-hybridized carbons (Fsp3) is 0.692. The Hall–Kier alpha value is -1.12. The molecule has 0 aliphatic heterocycles. The molecule has 2 rings (SSSR count). The first-order valence-corrected chi connectivity index (χ1v) is 5.83. The first-order chi connectivity index (χ1) is 7.48. The standard InChI is InChI=1S/C13H18O3/c1-8-4-5-9-6-13(8,2)7-10(11(9)14)12(15)16-3/h7-9H,4-6H2,1-3H3/t8-,9?,13-/m1/s1. The molecule has 0 aromatic heterocycles. The van der Waals surface area contributed by atoms with Gasteiger partial charge in [0.25, 0.3) is 0 Å². The number of rotatable bonds is 1. The van der Waals surface area contributed by atoms with E-state index in [0.29, 0.717) is 5.92 Å². The van der Waals surface area contributed by atoms with Gasteiger partial charge in [0.05, 0.1) is 12.7 Å². The van der Waals surface area contributed by atoms with Crippen LogP contribution in [0.1, 0.15) is 33.1 Å². The number of esters is 1. The van der Waals surface area contributed by atoms with E-state index in [-0.39, 0.29) is 22.7 Å². The number of carbonyl (C=O) groups is 2. The summed E-state index contributed by atoms with van der Waals surface area (Å²) < 4.78 is 4.68. The van der Waals surface area contributed by atoms with Gasteiger partial charge in [-0.1, -0.05) is 19.9 Å². The second-order valence-electron chi connectivity index (χ2n) is 5.30. The van der Waals surface area contributed by atoms with E-state index in [9.17, 15) is 9.59 Å². The summed E-state index contributed by atoms with van der Waals surface area (Å²) >= 11 is 0. The molecule has 3 atom stereocenters. The van der Waals surface area contributed by atoms with Gasteiger partial charge in [0.1, 0.15) is 0 Å². The first-order valence-electron chi connectivity index (χ1n) is 5.83. The summed E-state index contributed by atoms with van der Waals surface area (Å²) in [5.74, 6) is 0.0584. The third kappa shape index (κ3) is 1.58. The maximum Gasteiger partial charge on any atom is 0.341 e. The molecule has 1 fully saturated rings. The molecule has 16 heavy (non-hydrogen) atoms. The Balaban J connectivity index is 2.41. The Labute approximate surface area is 95.9 Å². The highest BCUT2D eigenvalue weighted by Crippen LogP contribution is 2.49. The Morgan fingerprint density at radius 2 is 2.19 bits per heavy atom. The summed E-state index contributed by atoms with van der Waals surface area (Å²) in [5.41, 5.74) is 0.258. The van der Waals surface area contributed by atoms with Crippen LogP contribution in [0.4, 0.5) is 0 Å². The van der Waals surface area contributed by atoms with E-state index in [4.69, 9.17) is 0 Å². The second kappa shape index (κ2) is 3.72. The first kappa shape index (κ1) is 11.4. The zero-order valence-electron chi connectivity index (χ0n) is 10.1. The van der Waals surface area contributed by atoms with Crippen molar-refractivity contribution in [3.8, 4) is 0 Å². The number of hydrogen-bond acceptors (Lipinski definition) is 3. The molecule has 3 heteroatoms. The summed E-state index contributed by atoms with van der Waals surface area (Å²) in [4.78, 5) is 23.6. The Morgan fingerprint density at radius 3 is 2.81 bits per heavy atom. The van der Waals surface area contributed by atoms with Gasteiger partial charge in [-0.2, -0.15) is 0 Å². The highest BCUT2D eigenvalue weighted by Gasteiger charge is 2.45. The minimum atomic E-state index is -0.477. The number of carbonyl (C=O) groups excluding carboxylic acids is 2. The monoisotopic (exact) mass is 222 g/mol. The minimum Gasteiger partial charge on any atom is -0.465 e. The van der Waals surface area contributed by atoms with Gasteiger partial charge >= 0.3 is 5.97 Å². The van der Waals surface area contributed by atoms with E-state index in [2.05, 4.69) is 18.6 Å². The maximum absolute atomic E-state index is 12.0. The van der Waals surface area contributed by atoms with Gasteiger partial charge in [0.15, 0.2) is 5.78 Å². The number of ether oxygens (including phenoxy) is 1. The van der Waals surface area contributed by atoms with Gasteiger partial charge in [-0.25, -0.2) is 4.79 Å². The molecule has 0 amide bonds. The van der Waals surface area contributed by atoms with Crippen molar-refractivity contribution >= 4 is 11.8 Å². The SMILES string of the molecule is COC(=O)C1=C[C@@]2(C)CC(CC[C@H]2C)C1=O. The molecule has 2 aliphatic rings. The van der Waals surface area contributed by atoms with Crippen LogP contribution < -0.4 is 0 Å². The predicted octanol–water partition coefficient (Wildman–Crippen LogP) is 2.11. The number of hydrogen-bond donors (Lipinski definition) is 0. The van der Waals surface area contributed by atoms with Gasteiger partial charge in [-0.05, 0) is 30.6 Å². The molecule has 0 radical (unpaired) electrons.